The number of anilines is 3. The molecule has 0 amide bonds. The van der Waals surface area contributed by atoms with Gasteiger partial charge in [0.05, 0.1) is 29.6 Å². The zero-order chi connectivity index (χ0) is 20.9. The summed E-state index contributed by atoms with van der Waals surface area (Å²) in [5, 5.41) is 5.23. The van der Waals surface area contributed by atoms with Crippen molar-refractivity contribution in [2.24, 2.45) is 0 Å². The Bertz CT molecular complexity index is 1280. The summed E-state index contributed by atoms with van der Waals surface area (Å²) < 4.78 is 16.0. The molecule has 7 nitrogen and oxygen atoms in total. The molecule has 0 fully saturated rings. The largest absolute Gasteiger partial charge is 0.351 e. The summed E-state index contributed by atoms with van der Waals surface area (Å²) in [6, 6.07) is 9.34. The van der Waals surface area contributed by atoms with Crippen LogP contribution in [0.15, 0.2) is 49.1 Å². The molecule has 3 aromatic heterocycles. The summed E-state index contributed by atoms with van der Waals surface area (Å²) in [4.78, 5) is 18.0. The molecule has 2 aliphatic heterocycles. The van der Waals surface area contributed by atoms with Crippen LogP contribution in [0.4, 0.5) is 21.7 Å². The number of rotatable bonds is 2. The third-order valence-electron chi connectivity index (χ3n) is 6.33. The predicted octanol–water partition coefficient (Wildman–Crippen LogP) is 4.03. The molecule has 2 aliphatic rings. The summed E-state index contributed by atoms with van der Waals surface area (Å²) in [5.74, 6) is 1.59. The first-order valence-corrected chi connectivity index (χ1v) is 10.6. The van der Waals surface area contributed by atoms with E-state index in [-0.39, 0.29) is 5.82 Å². The lowest BCUT2D eigenvalue weighted by Gasteiger charge is -2.34. The lowest BCUT2D eigenvalue weighted by molar-refractivity contribution is 0.436. The number of nitrogens with zero attached hydrogens (tertiary/aromatic N) is 7. The van der Waals surface area contributed by atoms with E-state index in [0.29, 0.717) is 12.6 Å². The molecule has 0 saturated heterocycles. The van der Waals surface area contributed by atoms with E-state index in [4.69, 9.17) is 4.98 Å². The van der Waals surface area contributed by atoms with Gasteiger partial charge in [0.25, 0.3) is 0 Å². The van der Waals surface area contributed by atoms with Crippen molar-refractivity contribution in [3.63, 3.8) is 0 Å². The van der Waals surface area contributed by atoms with Crippen LogP contribution in [-0.4, -0.2) is 37.8 Å². The minimum atomic E-state index is -0.277. The van der Waals surface area contributed by atoms with Gasteiger partial charge < -0.3 is 9.80 Å². The van der Waals surface area contributed by atoms with Gasteiger partial charge in [-0.1, -0.05) is 0 Å². The molecular formula is C23H22FN7. The van der Waals surface area contributed by atoms with E-state index in [1.54, 1.807) is 12.4 Å². The van der Waals surface area contributed by atoms with Crippen LogP contribution in [0.25, 0.3) is 10.9 Å². The van der Waals surface area contributed by atoms with Crippen molar-refractivity contribution in [1.29, 1.82) is 0 Å². The Balaban J connectivity index is 1.36. The fraction of sp³-hybridized carbons (Fsp3) is 0.304. The van der Waals surface area contributed by atoms with Crippen molar-refractivity contribution in [3.8, 4) is 0 Å². The van der Waals surface area contributed by atoms with Crippen molar-refractivity contribution in [2.45, 2.75) is 32.4 Å². The minimum absolute atomic E-state index is 0.277. The number of benzene rings is 1. The van der Waals surface area contributed by atoms with Crippen LogP contribution < -0.4 is 9.80 Å². The van der Waals surface area contributed by atoms with Crippen LogP contribution in [0.1, 0.15) is 30.6 Å². The molecule has 0 unspecified atom stereocenters. The summed E-state index contributed by atoms with van der Waals surface area (Å²) in [5.41, 5.74) is 4.12. The SMILES string of the molecule is C[C@@H]1CCN(c2cnc3c(c2)CN(c2ncnc4ccc(F)cc24)CC3)c2ccnn21. The molecule has 0 saturated carbocycles. The van der Waals surface area contributed by atoms with Gasteiger partial charge in [-0.25, -0.2) is 19.0 Å². The first-order valence-electron chi connectivity index (χ1n) is 10.6. The molecule has 31 heavy (non-hydrogen) atoms. The van der Waals surface area contributed by atoms with Gasteiger partial charge in [-0.05, 0) is 43.2 Å². The third kappa shape index (κ3) is 3.01. The molecule has 0 spiro atoms. The van der Waals surface area contributed by atoms with Gasteiger partial charge in [-0.2, -0.15) is 5.10 Å². The van der Waals surface area contributed by atoms with Crippen LogP contribution in [0.5, 0.6) is 0 Å². The van der Waals surface area contributed by atoms with Gasteiger partial charge in [0, 0.05) is 43.2 Å². The van der Waals surface area contributed by atoms with E-state index in [1.165, 1.54) is 17.7 Å². The number of hydrogen-bond donors (Lipinski definition) is 0. The molecule has 156 valence electrons. The zero-order valence-electron chi connectivity index (χ0n) is 17.2. The smallest absolute Gasteiger partial charge is 0.140 e. The molecule has 0 N–H and O–H groups in total. The highest BCUT2D eigenvalue weighted by molar-refractivity contribution is 5.89. The highest BCUT2D eigenvalue weighted by Crippen LogP contribution is 2.35. The van der Waals surface area contributed by atoms with Gasteiger partial charge in [0.2, 0.25) is 0 Å². The van der Waals surface area contributed by atoms with Crippen LogP contribution in [0, 0.1) is 5.82 Å². The highest BCUT2D eigenvalue weighted by Gasteiger charge is 2.26. The van der Waals surface area contributed by atoms with Crippen molar-refractivity contribution in [3.05, 3.63) is 66.1 Å². The van der Waals surface area contributed by atoms with Crippen LogP contribution >= 0.6 is 0 Å². The highest BCUT2D eigenvalue weighted by atomic mass is 19.1. The average molecular weight is 415 g/mol. The van der Waals surface area contributed by atoms with Crippen molar-refractivity contribution >= 4 is 28.2 Å². The van der Waals surface area contributed by atoms with E-state index < -0.39 is 0 Å². The molecule has 5 heterocycles. The number of aromatic nitrogens is 5. The Morgan fingerprint density at radius 2 is 2.00 bits per heavy atom. The molecular weight excluding hydrogens is 393 g/mol. The van der Waals surface area contributed by atoms with Crippen molar-refractivity contribution in [2.75, 3.05) is 22.9 Å². The summed E-state index contributed by atoms with van der Waals surface area (Å²) in [6.45, 7) is 4.61. The first kappa shape index (κ1) is 18.2. The summed E-state index contributed by atoms with van der Waals surface area (Å²) >= 11 is 0. The van der Waals surface area contributed by atoms with Gasteiger partial charge in [0.1, 0.15) is 23.8 Å². The molecule has 1 aromatic carbocycles. The van der Waals surface area contributed by atoms with Gasteiger partial charge in [-0.15, -0.1) is 0 Å². The summed E-state index contributed by atoms with van der Waals surface area (Å²) in [7, 11) is 0. The second-order valence-electron chi connectivity index (χ2n) is 8.25. The topological polar surface area (TPSA) is 63.0 Å². The fourth-order valence-corrected chi connectivity index (χ4v) is 4.68. The predicted molar refractivity (Wildman–Crippen MR) is 117 cm³/mol. The minimum Gasteiger partial charge on any atom is -0.351 e. The Kier molecular flexibility index (Phi) is 4.12. The van der Waals surface area contributed by atoms with E-state index in [1.807, 2.05) is 12.4 Å². The molecule has 4 aromatic rings. The van der Waals surface area contributed by atoms with Crippen molar-refractivity contribution < 1.29 is 4.39 Å². The fourth-order valence-electron chi connectivity index (χ4n) is 4.68. The molecule has 1 atom stereocenters. The molecule has 0 radical (unpaired) electrons. The van der Waals surface area contributed by atoms with E-state index in [9.17, 15) is 4.39 Å². The average Bonchev–Trinajstić information content (AvgIpc) is 3.29. The van der Waals surface area contributed by atoms with Gasteiger partial charge in [-0.3, -0.25) is 4.98 Å². The maximum absolute atomic E-state index is 13.9. The van der Waals surface area contributed by atoms with Crippen LogP contribution in [0.3, 0.4) is 0 Å². The molecule has 8 heteroatoms. The Hall–Kier alpha value is -3.55. The standard InChI is InChI=1S/C23H22FN7/c1-15-5-9-30(22-4-7-28-31(15)22)18-10-16-13-29(8-6-20(16)25-12-18)23-19-11-17(24)2-3-21(19)26-14-27-23/h2-4,7,10-12,14-15H,5-6,8-9,13H2,1H3/t15-/m1/s1. The maximum atomic E-state index is 13.9. The van der Waals surface area contributed by atoms with Gasteiger partial charge >= 0.3 is 0 Å². The Morgan fingerprint density at radius 1 is 1.06 bits per heavy atom. The first-order chi connectivity index (χ1) is 15.2. The second kappa shape index (κ2) is 7.01. The normalized spacial score (nSPS) is 18.2. The monoisotopic (exact) mass is 415 g/mol. The molecule has 0 aliphatic carbocycles. The van der Waals surface area contributed by atoms with Crippen molar-refractivity contribution in [1.82, 2.24) is 24.7 Å². The van der Waals surface area contributed by atoms with E-state index in [0.717, 1.165) is 59.9 Å². The number of halogens is 1. The lowest BCUT2D eigenvalue weighted by Crippen LogP contribution is -2.33. The summed E-state index contributed by atoms with van der Waals surface area (Å²) in [6.07, 6.45) is 7.24. The number of fused-ring (bicyclic) bond motifs is 3. The van der Waals surface area contributed by atoms with E-state index in [2.05, 4.69) is 48.6 Å². The third-order valence-corrected chi connectivity index (χ3v) is 6.33. The Labute approximate surface area is 179 Å². The molecule has 0 bridgehead atoms. The number of pyridine rings is 1. The Morgan fingerprint density at radius 3 is 2.94 bits per heavy atom. The van der Waals surface area contributed by atoms with Crippen LogP contribution in [-0.2, 0) is 13.0 Å². The van der Waals surface area contributed by atoms with E-state index >= 15 is 0 Å². The van der Waals surface area contributed by atoms with Gasteiger partial charge in [0.15, 0.2) is 0 Å². The zero-order valence-corrected chi connectivity index (χ0v) is 17.2. The molecule has 6 rings (SSSR count). The maximum Gasteiger partial charge on any atom is 0.140 e. The van der Waals surface area contributed by atoms with Crippen LogP contribution in [0.2, 0.25) is 0 Å². The lowest BCUT2D eigenvalue weighted by atomic mass is 10.0. The number of hydrogen-bond acceptors (Lipinski definition) is 6. The second-order valence-corrected chi connectivity index (χ2v) is 8.25. The quantitative estimate of drug-likeness (QED) is 0.493.